The Hall–Kier alpha value is -2.57. The lowest BCUT2D eigenvalue weighted by molar-refractivity contribution is 0.0342. The highest BCUT2D eigenvalue weighted by molar-refractivity contribution is 5.89. The van der Waals surface area contributed by atoms with Gasteiger partial charge in [0.15, 0.2) is 0 Å². The first-order valence-corrected chi connectivity index (χ1v) is 9.85. The molecule has 0 spiro atoms. The van der Waals surface area contributed by atoms with Crippen molar-refractivity contribution in [1.82, 2.24) is 9.80 Å². The summed E-state index contributed by atoms with van der Waals surface area (Å²) < 4.78 is 11.3. The molecule has 0 aliphatic carbocycles. The molecule has 148 valence electrons. The van der Waals surface area contributed by atoms with Crippen LogP contribution in [-0.2, 0) is 17.8 Å². The highest BCUT2D eigenvalue weighted by Gasteiger charge is 2.21. The summed E-state index contributed by atoms with van der Waals surface area (Å²) >= 11 is 0. The average Bonchev–Trinajstić information content (AvgIpc) is 2.91. The number of morpholine rings is 1. The van der Waals surface area contributed by atoms with Crippen molar-refractivity contribution in [3.8, 4) is 5.75 Å². The van der Waals surface area contributed by atoms with Crippen molar-refractivity contribution >= 4 is 11.7 Å². The second-order valence-electron chi connectivity index (χ2n) is 7.40. The number of hydrogen-bond acceptors (Lipinski definition) is 4. The van der Waals surface area contributed by atoms with E-state index >= 15 is 0 Å². The smallest absolute Gasteiger partial charge is 0.322 e. The van der Waals surface area contributed by atoms with Crippen LogP contribution in [-0.4, -0.2) is 55.3 Å². The summed E-state index contributed by atoms with van der Waals surface area (Å²) in [4.78, 5) is 17.0. The zero-order chi connectivity index (χ0) is 19.3. The first-order chi connectivity index (χ1) is 13.7. The molecule has 1 saturated heterocycles. The SMILES string of the molecule is Cc1cccc(NC(=O)N2CCOc3ccc(CN4CCOCC4)cc3C2)c1. The molecular weight excluding hydrogens is 354 g/mol. The number of nitrogens with zero attached hydrogens (tertiary/aromatic N) is 2. The minimum atomic E-state index is -0.0966. The van der Waals surface area contributed by atoms with Gasteiger partial charge in [-0.05, 0) is 42.3 Å². The molecule has 0 atom stereocenters. The molecule has 28 heavy (non-hydrogen) atoms. The molecule has 6 heteroatoms. The highest BCUT2D eigenvalue weighted by Crippen LogP contribution is 2.25. The van der Waals surface area contributed by atoms with Crippen LogP contribution >= 0.6 is 0 Å². The fourth-order valence-corrected chi connectivity index (χ4v) is 3.66. The number of benzene rings is 2. The highest BCUT2D eigenvalue weighted by atomic mass is 16.5. The quantitative estimate of drug-likeness (QED) is 0.887. The molecule has 0 radical (unpaired) electrons. The maximum atomic E-state index is 12.8. The van der Waals surface area contributed by atoms with Gasteiger partial charge in [-0.1, -0.05) is 18.2 Å². The number of aryl methyl sites for hydroxylation is 1. The van der Waals surface area contributed by atoms with E-state index in [1.54, 1.807) is 0 Å². The van der Waals surface area contributed by atoms with Crippen molar-refractivity contribution in [3.05, 3.63) is 59.2 Å². The summed E-state index contributed by atoms with van der Waals surface area (Å²) in [7, 11) is 0. The van der Waals surface area contributed by atoms with Gasteiger partial charge in [-0.2, -0.15) is 0 Å². The van der Waals surface area contributed by atoms with Gasteiger partial charge in [-0.3, -0.25) is 4.90 Å². The lowest BCUT2D eigenvalue weighted by Crippen LogP contribution is -2.36. The molecule has 2 aromatic carbocycles. The largest absolute Gasteiger partial charge is 0.491 e. The molecule has 2 heterocycles. The summed E-state index contributed by atoms with van der Waals surface area (Å²) in [5.74, 6) is 0.872. The molecule has 0 unspecified atom stereocenters. The summed E-state index contributed by atoms with van der Waals surface area (Å²) in [5.41, 5.74) is 4.24. The minimum absolute atomic E-state index is 0.0966. The molecular formula is C22H27N3O3. The maximum Gasteiger partial charge on any atom is 0.322 e. The van der Waals surface area contributed by atoms with Crippen LogP contribution in [0.5, 0.6) is 5.75 Å². The molecule has 0 bridgehead atoms. The van der Waals surface area contributed by atoms with Crippen molar-refractivity contribution in [1.29, 1.82) is 0 Å². The van der Waals surface area contributed by atoms with Crippen LogP contribution in [0.1, 0.15) is 16.7 Å². The molecule has 2 aliphatic rings. The monoisotopic (exact) mass is 381 g/mol. The van der Waals surface area contributed by atoms with E-state index < -0.39 is 0 Å². The Morgan fingerprint density at radius 1 is 1.07 bits per heavy atom. The second kappa shape index (κ2) is 8.63. The number of hydrogen-bond donors (Lipinski definition) is 1. The van der Waals surface area contributed by atoms with Gasteiger partial charge >= 0.3 is 6.03 Å². The van der Waals surface area contributed by atoms with E-state index in [4.69, 9.17) is 9.47 Å². The third kappa shape index (κ3) is 4.64. The Morgan fingerprint density at radius 3 is 2.75 bits per heavy atom. The zero-order valence-electron chi connectivity index (χ0n) is 16.3. The van der Waals surface area contributed by atoms with Crippen LogP contribution in [0, 0.1) is 6.92 Å². The van der Waals surface area contributed by atoms with Gasteiger partial charge in [0, 0.05) is 30.9 Å². The molecule has 2 amide bonds. The van der Waals surface area contributed by atoms with E-state index in [1.165, 1.54) is 5.56 Å². The number of rotatable bonds is 3. The van der Waals surface area contributed by atoms with Crippen molar-refractivity contribution in [2.75, 3.05) is 44.8 Å². The third-order valence-corrected chi connectivity index (χ3v) is 5.17. The molecule has 1 fully saturated rings. The van der Waals surface area contributed by atoms with Crippen molar-refractivity contribution in [2.24, 2.45) is 0 Å². The lowest BCUT2D eigenvalue weighted by Gasteiger charge is -2.27. The first kappa shape index (κ1) is 18.8. The molecule has 6 nitrogen and oxygen atoms in total. The van der Waals surface area contributed by atoms with Crippen LogP contribution in [0.25, 0.3) is 0 Å². The van der Waals surface area contributed by atoms with Crippen molar-refractivity contribution in [3.63, 3.8) is 0 Å². The van der Waals surface area contributed by atoms with E-state index in [2.05, 4.69) is 22.3 Å². The minimum Gasteiger partial charge on any atom is -0.491 e. The fourth-order valence-electron chi connectivity index (χ4n) is 3.66. The van der Waals surface area contributed by atoms with Gasteiger partial charge in [0.05, 0.1) is 26.3 Å². The van der Waals surface area contributed by atoms with Gasteiger partial charge < -0.3 is 19.7 Å². The van der Waals surface area contributed by atoms with Gasteiger partial charge in [0.25, 0.3) is 0 Å². The number of ether oxygens (including phenoxy) is 2. The van der Waals surface area contributed by atoms with Gasteiger partial charge in [0.1, 0.15) is 12.4 Å². The Labute approximate surface area is 166 Å². The maximum absolute atomic E-state index is 12.8. The van der Waals surface area contributed by atoms with E-state index in [9.17, 15) is 4.79 Å². The summed E-state index contributed by atoms with van der Waals surface area (Å²) in [6.07, 6.45) is 0. The molecule has 0 saturated carbocycles. The molecule has 0 aromatic heterocycles. The van der Waals surface area contributed by atoms with Crippen LogP contribution in [0.4, 0.5) is 10.5 Å². The van der Waals surface area contributed by atoms with E-state index in [0.29, 0.717) is 19.7 Å². The second-order valence-corrected chi connectivity index (χ2v) is 7.40. The number of carbonyl (C=O) groups excluding carboxylic acids is 1. The van der Waals surface area contributed by atoms with Crippen LogP contribution in [0.2, 0.25) is 0 Å². The molecule has 4 rings (SSSR count). The van der Waals surface area contributed by atoms with Crippen molar-refractivity contribution < 1.29 is 14.3 Å². The third-order valence-electron chi connectivity index (χ3n) is 5.17. The normalized spacial score (nSPS) is 17.4. The number of amides is 2. The number of nitrogens with one attached hydrogen (secondary N) is 1. The van der Waals surface area contributed by atoms with Crippen molar-refractivity contribution in [2.45, 2.75) is 20.0 Å². The van der Waals surface area contributed by atoms with Gasteiger partial charge in [-0.25, -0.2) is 4.79 Å². The Balaban J connectivity index is 1.45. The topological polar surface area (TPSA) is 54.0 Å². The zero-order valence-corrected chi connectivity index (χ0v) is 16.3. The van der Waals surface area contributed by atoms with Gasteiger partial charge in [0.2, 0.25) is 0 Å². The van der Waals surface area contributed by atoms with E-state index in [1.807, 2.05) is 42.2 Å². The summed E-state index contributed by atoms with van der Waals surface area (Å²) in [5, 5.41) is 3.00. The van der Waals surface area contributed by atoms with E-state index in [-0.39, 0.29) is 6.03 Å². The summed E-state index contributed by atoms with van der Waals surface area (Å²) in [6, 6.07) is 14.1. The van der Waals surface area contributed by atoms with Gasteiger partial charge in [-0.15, -0.1) is 0 Å². The lowest BCUT2D eigenvalue weighted by atomic mass is 10.1. The summed E-state index contributed by atoms with van der Waals surface area (Å²) in [6.45, 7) is 8.01. The van der Waals surface area contributed by atoms with E-state index in [0.717, 1.165) is 55.4 Å². The molecule has 2 aliphatic heterocycles. The standard InChI is InChI=1S/C22H27N3O3/c1-17-3-2-4-20(13-17)23-22(26)25-9-12-28-21-6-5-18(14-19(21)16-25)15-24-7-10-27-11-8-24/h2-6,13-14H,7-12,15-16H2,1H3,(H,23,26). The van der Waals surface area contributed by atoms with Crippen LogP contribution < -0.4 is 10.1 Å². The number of carbonyl (C=O) groups is 1. The number of anilines is 1. The predicted molar refractivity (Wildman–Crippen MR) is 109 cm³/mol. The predicted octanol–water partition coefficient (Wildman–Crippen LogP) is 3.25. The van der Waals surface area contributed by atoms with Crippen LogP contribution in [0.3, 0.4) is 0 Å². The Morgan fingerprint density at radius 2 is 1.93 bits per heavy atom. The fraction of sp³-hybridized carbons (Fsp3) is 0.409. The van der Waals surface area contributed by atoms with Crippen LogP contribution in [0.15, 0.2) is 42.5 Å². The number of urea groups is 1. The number of fused-ring (bicyclic) bond motifs is 1. The molecule has 2 aromatic rings. The molecule has 1 N–H and O–H groups in total. The Kier molecular flexibility index (Phi) is 5.78. The Bertz CT molecular complexity index is 834. The average molecular weight is 381 g/mol. The first-order valence-electron chi connectivity index (χ1n) is 9.85.